The first-order chi connectivity index (χ1) is 13.3. The van der Waals surface area contributed by atoms with Crippen molar-refractivity contribution in [3.63, 3.8) is 0 Å². The molecule has 3 nitrogen and oxygen atoms in total. The predicted molar refractivity (Wildman–Crippen MR) is 109 cm³/mol. The number of aliphatic hydroxyl groups excluding tert-OH is 1. The molecule has 27 heavy (non-hydrogen) atoms. The quantitative estimate of drug-likeness (QED) is 0.556. The first-order valence-electron chi connectivity index (χ1n) is 9.63. The number of aliphatic hydroxyl groups is 1. The van der Waals surface area contributed by atoms with E-state index >= 15 is 0 Å². The van der Waals surface area contributed by atoms with Crippen molar-refractivity contribution in [1.29, 1.82) is 0 Å². The molecule has 4 aromatic rings. The molecule has 1 saturated heterocycles. The molecule has 1 aromatic heterocycles. The predicted octanol–water partition coefficient (Wildman–Crippen LogP) is 5.06. The van der Waals surface area contributed by atoms with Crippen LogP contribution in [0.2, 0.25) is 0 Å². The molecule has 1 N–H and O–H groups in total. The van der Waals surface area contributed by atoms with Crippen LogP contribution in [0.5, 0.6) is 0 Å². The summed E-state index contributed by atoms with van der Waals surface area (Å²) in [5.41, 5.74) is 3.68. The largest absolute Gasteiger partial charge is 0.393 e. The number of para-hydroxylation sites is 1. The number of nitrogens with zero attached hydrogens (tertiary/aromatic N) is 1. The molecule has 2 heterocycles. The van der Waals surface area contributed by atoms with Crippen LogP contribution in [0.15, 0.2) is 72.9 Å². The lowest BCUT2D eigenvalue weighted by Gasteiger charge is -2.26. The number of fused-ring (bicyclic) bond motifs is 2. The molecule has 1 aliphatic heterocycles. The zero-order valence-corrected chi connectivity index (χ0v) is 15.2. The van der Waals surface area contributed by atoms with Crippen LogP contribution in [0, 0.1) is 0 Å². The second-order valence-corrected chi connectivity index (χ2v) is 7.45. The number of benzene rings is 3. The monoisotopic (exact) mass is 357 g/mol. The molecule has 5 rings (SSSR count). The Kier molecular flexibility index (Phi) is 4.19. The van der Waals surface area contributed by atoms with Gasteiger partial charge in [-0.05, 0) is 34.9 Å². The third-order valence-corrected chi connectivity index (χ3v) is 5.59. The maximum atomic E-state index is 10.1. The Hall–Kier alpha value is -2.62. The van der Waals surface area contributed by atoms with E-state index in [0.29, 0.717) is 13.0 Å². The van der Waals surface area contributed by atoms with Crippen molar-refractivity contribution < 1.29 is 9.84 Å². The second kappa shape index (κ2) is 6.84. The van der Waals surface area contributed by atoms with Crippen LogP contribution in [-0.4, -0.2) is 22.4 Å². The standard InChI is InChI=1S/C24H23NO2/c26-20-11-12-27-24(14-20)22-16-25(23-8-4-3-7-21(22)23)15-17-9-10-18-5-1-2-6-19(18)13-17/h1-10,13,16,20,24,26H,11-12,14-15H2/t20-,24+/m0/s1. The number of ether oxygens (including phenoxy) is 1. The Morgan fingerprint density at radius 3 is 2.67 bits per heavy atom. The van der Waals surface area contributed by atoms with E-state index in [9.17, 15) is 5.11 Å². The van der Waals surface area contributed by atoms with Gasteiger partial charge in [-0.25, -0.2) is 0 Å². The summed E-state index contributed by atoms with van der Waals surface area (Å²) in [5, 5.41) is 13.8. The van der Waals surface area contributed by atoms with Crippen LogP contribution in [-0.2, 0) is 11.3 Å². The second-order valence-electron chi connectivity index (χ2n) is 7.45. The van der Waals surface area contributed by atoms with Gasteiger partial charge < -0.3 is 14.4 Å². The van der Waals surface area contributed by atoms with E-state index in [2.05, 4.69) is 77.5 Å². The molecule has 1 fully saturated rings. The van der Waals surface area contributed by atoms with Gasteiger partial charge >= 0.3 is 0 Å². The van der Waals surface area contributed by atoms with Crippen molar-refractivity contribution in [1.82, 2.24) is 4.57 Å². The van der Waals surface area contributed by atoms with Gasteiger partial charge in [-0.2, -0.15) is 0 Å². The molecule has 0 aliphatic carbocycles. The van der Waals surface area contributed by atoms with Gasteiger partial charge in [-0.15, -0.1) is 0 Å². The highest BCUT2D eigenvalue weighted by Crippen LogP contribution is 2.34. The van der Waals surface area contributed by atoms with Gasteiger partial charge in [0, 0.05) is 42.2 Å². The van der Waals surface area contributed by atoms with Crippen LogP contribution in [0.3, 0.4) is 0 Å². The number of rotatable bonds is 3. The fraction of sp³-hybridized carbons (Fsp3) is 0.250. The van der Waals surface area contributed by atoms with Crippen molar-refractivity contribution in [3.8, 4) is 0 Å². The average Bonchev–Trinajstić information content (AvgIpc) is 3.07. The van der Waals surface area contributed by atoms with Crippen molar-refractivity contribution >= 4 is 21.7 Å². The van der Waals surface area contributed by atoms with Crippen LogP contribution < -0.4 is 0 Å². The van der Waals surface area contributed by atoms with Crippen LogP contribution in [0.4, 0.5) is 0 Å². The van der Waals surface area contributed by atoms with Gasteiger partial charge in [-0.1, -0.05) is 54.6 Å². The zero-order chi connectivity index (χ0) is 18.2. The summed E-state index contributed by atoms with van der Waals surface area (Å²) in [5.74, 6) is 0. The van der Waals surface area contributed by atoms with E-state index in [1.54, 1.807) is 0 Å². The Morgan fingerprint density at radius 1 is 0.963 bits per heavy atom. The zero-order valence-electron chi connectivity index (χ0n) is 15.2. The summed E-state index contributed by atoms with van der Waals surface area (Å²) >= 11 is 0. The molecule has 0 unspecified atom stereocenters. The minimum atomic E-state index is -0.272. The third-order valence-electron chi connectivity index (χ3n) is 5.59. The van der Waals surface area contributed by atoms with E-state index in [1.807, 2.05) is 0 Å². The van der Waals surface area contributed by atoms with Crippen molar-refractivity contribution in [3.05, 3.63) is 84.1 Å². The number of hydrogen-bond donors (Lipinski definition) is 1. The lowest BCUT2D eigenvalue weighted by molar-refractivity contribution is -0.0442. The molecule has 0 bridgehead atoms. The van der Waals surface area contributed by atoms with Crippen molar-refractivity contribution in [2.24, 2.45) is 0 Å². The lowest BCUT2D eigenvalue weighted by atomic mass is 9.99. The van der Waals surface area contributed by atoms with Crippen LogP contribution in [0.25, 0.3) is 21.7 Å². The molecule has 136 valence electrons. The summed E-state index contributed by atoms with van der Waals surface area (Å²) in [6, 6.07) is 23.6. The fourth-order valence-electron chi connectivity index (χ4n) is 4.19. The molecular formula is C24H23NO2. The van der Waals surface area contributed by atoms with Gasteiger partial charge in [0.05, 0.1) is 12.2 Å². The van der Waals surface area contributed by atoms with Crippen LogP contribution >= 0.6 is 0 Å². The van der Waals surface area contributed by atoms with Crippen LogP contribution in [0.1, 0.15) is 30.1 Å². The fourth-order valence-corrected chi connectivity index (χ4v) is 4.19. The minimum Gasteiger partial charge on any atom is -0.393 e. The maximum absolute atomic E-state index is 10.1. The van der Waals surface area contributed by atoms with Crippen molar-refractivity contribution in [2.75, 3.05) is 6.61 Å². The van der Waals surface area contributed by atoms with Gasteiger partial charge in [0.25, 0.3) is 0 Å². The van der Waals surface area contributed by atoms with E-state index in [-0.39, 0.29) is 12.2 Å². The molecule has 0 spiro atoms. The first kappa shape index (κ1) is 16.5. The summed E-state index contributed by atoms with van der Waals surface area (Å²) in [7, 11) is 0. The molecule has 3 aromatic carbocycles. The van der Waals surface area contributed by atoms with E-state index < -0.39 is 0 Å². The normalized spacial score (nSPS) is 20.3. The first-order valence-corrected chi connectivity index (χ1v) is 9.63. The molecule has 0 radical (unpaired) electrons. The minimum absolute atomic E-state index is 0.0310. The topological polar surface area (TPSA) is 34.4 Å². The summed E-state index contributed by atoms with van der Waals surface area (Å²) < 4.78 is 8.30. The molecule has 0 amide bonds. The van der Waals surface area contributed by atoms with E-state index in [0.717, 1.165) is 13.0 Å². The highest BCUT2D eigenvalue weighted by atomic mass is 16.5. The Balaban J connectivity index is 1.54. The molecule has 3 heteroatoms. The average molecular weight is 357 g/mol. The number of hydrogen-bond acceptors (Lipinski definition) is 2. The van der Waals surface area contributed by atoms with E-state index in [4.69, 9.17) is 4.74 Å². The van der Waals surface area contributed by atoms with Crippen molar-refractivity contribution in [2.45, 2.75) is 31.6 Å². The highest BCUT2D eigenvalue weighted by Gasteiger charge is 2.25. The molecule has 1 aliphatic rings. The Morgan fingerprint density at radius 2 is 1.78 bits per heavy atom. The molecule has 0 saturated carbocycles. The number of aromatic nitrogens is 1. The summed E-state index contributed by atoms with van der Waals surface area (Å²) in [4.78, 5) is 0. The van der Waals surface area contributed by atoms with E-state index in [1.165, 1.54) is 32.8 Å². The Bertz CT molecular complexity index is 1100. The molecular weight excluding hydrogens is 334 g/mol. The molecule has 2 atom stereocenters. The van der Waals surface area contributed by atoms with Gasteiger partial charge in [0.1, 0.15) is 0 Å². The third kappa shape index (κ3) is 3.14. The Labute approximate surface area is 158 Å². The van der Waals surface area contributed by atoms with Gasteiger partial charge in [0.15, 0.2) is 0 Å². The smallest absolute Gasteiger partial charge is 0.0870 e. The summed E-state index contributed by atoms with van der Waals surface area (Å²) in [6.45, 7) is 1.44. The van der Waals surface area contributed by atoms with Gasteiger partial charge in [-0.3, -0.25) is 0 Å². The lowest BCUT2D eigenvalue weighted by Crippen LogP contribution is -2.23. The SMILES string of the molecule is O[C@H]1CCO[C@@H](c2cn(Cc3ccc4ccccc4c3)c3ccccc23)C1. The van der Waals surface area contributed by atoms with Gasteiger partial charge in [0.2, 0.25) is 0 Å². The summed E-state index contributed by atoms with van der Waals surface area (Å²) in [6.07, 6.45) is 3.31. The maximum Gasteiger partial charge on any atom is 0.0870 e. The highest BCUT2D eigenvalue weighted by molar-refractivity contribution is 5.85.